The summed E-state index contributed by atoms with van der Waals surface area (Å²) in [4.78, 5) is 0.346. The number of benzene rings is 2. The smallest absolute Gasteiger partial charge is 0.263 e. The maximum Gasteiger partial charge on any atom is 0.264 e. The van der Waals surface area contributed by atoms with E-state index in [4.69, 9.17) is 0 Å². The Morgan fingerprint density at radius 1 is 1.00 bits per heavy atom. The minimum absolute atomic E-state index is 0.0393. The van der Waals surface area contributed by atoms with Crippen molar-refractivity contribution in [1.29, 1.82) is 0 Å². The van der Waals surface area contributed by atoms with Crippen LogP contribution in [0.2, 0.25) is 0 Å². The first-order valence-electron chi connectivity index (χ1n) is 6.28. The van der Waals surface area contributed by atoms with Crippen LogP contribution in [0, 0.1) is 0 Å². The van der Waals surface area contributed by atoms with Gasteiger partial charge in [0.05, 0.1) is 10.6 Å². The molecule has 0 radical (unpaired) electrons. The minimum Gasteiger partial charge on any atom is -0.263 e. The highest BCUT2D eigenvalue weighted by Crippen LogP contribution is 2.36. The van der Waals surface area contributed by atoms with Crippen LogP contribution in [0.4, 0.5) is 5.69 Å². The predicted molar refractivity (Wildman–Crippen MR) is 75.7 cm³/mol. The highest BCUT2D eigenvalue weighted by molar-refractivity contribution is 7.92. The van der Waals surface area contributed by atoms with Gasteiger partial charge in [0.25, 0.3) is 10.0 Å². The largest absolute Gasteiger partial charge is 0.264 e. The summed E-state index contributed by atoms with van der Waals surface area (Å²) >= 11 is 0. The van der Waals surface area contributed by atoms with Gasteiger partial charge >= 0.3 is 0 Å². The van der Waals surface area contributed by atoms with Crippen LogP contribution in [-0.2, 0) is 16.4 Å². The summed E-state index contributed by atoms with van der Waals surface area (Å²) in [5.41, 5.74) is 1.90. The Labute approximate surface area is 113 Å². The van der Waals surface area contributed by atoms with Crippen molar-refractivity contribution in [2.24, 2.45) is 0 Å². The van der Waals surface area contributed by atoms with E-state index >= 15 is 0 Å². The van der Waals surface area contributed by atoms with Crippen molar-refractivity contribution in [2.75, 3.05) is 4.31 Å². The van der Waals surface area contributed by atoms with Crippen molar-refractivity contribution in [3.05, 3.63) is 60.2 Å². The molecule has 0 N–H and O–H groups in total. The molecule has 1 heterocycles. The van der Waals surface area contributed by atoms with E-state index in [1.807, 2.05) is 37.3 Å². The maximum absolute atomic E-state index is 12.7. The SMILES string of the molecule is C[C@@H]1Cc2ccccc2N1S(=O)(=O)c1ccccc1. The molecule has 0 bridgehead atoms. The van der Waals surface area contributed by atoms with E-state index < -0.39 is 10.0 Å². The summed E-state index contributed by atoms with van der Waals surface area (Å²) < 4.78 is 27.0. The summed E-state index contributed by atoms with van der Waals surface area (Å²) in [6, 6.07) is 16.3. The minimum atomic E-state index is -3.47. The molecule has 1 aliphatic heterocycles. The summed E-state index contributed by atoms with van der Waals surface area (Å²) in [6.45, 7) is 1.94. The zero-order chi connectivity index (χ0) is 13.5. The molecule has 0 unspecified atom stereocenters. The molecule has 3 nitrogen and oxygen atoms in total. The molecule has 0 spiro atoms. The molecule has 0 aliphatic carbocycles. The van der Waals surface area contributed by atoms with Gasteiger partial charge < -0.3 is 0 Å². The number of fused-ring (bicyclic) bond motifs is 1. The Bertz CT molecular complexity index is 695. The predicted octanol–water partition coefficient (Wildman–Crippen LogP) is 2.83. The number of nitrogens with zero attached hydrogens (tertiary/aromatic N) is 1. The van der Waals surface area contributed by atoms with E-state index in [0.717, 1.165) is 17.7 Å². The number of anilines is 1. The lowest BCUT2D eigenvalue weighted by atomic mass is 10.1. The molecule has 1 aliphatic rings. The highest BCUT2D eigenvalue weighted by atomic mass is 32.2. The Hall–Kier alpha value is -1.81. The molecule has 1 atom stereocenters. The van der Waals surface area contributed by atoms with Gasteiger partial charge in [-0.2, -0.15) is 0 Å². The Balaban J connectivity index is 2.13. The molecule has 98 valence electrons. The van der Waals surface area contributed by atoms with Crippen LogP contribution in [0.1, 0.15) is 12.5 Å². The van der Waals surface area contributed by atoms with Crippen molar-refractivity contribution in [1.82, 2.24) is 0 Å². The van der Waals surface area contributed by atoms with Gasteiger partial charge in [-0.3, -0.25) is 4.31 Å². The van der Waals surface area contributed by atoms with Crippen LogP contribution in [0.25, 0.3) is 0 Å². The molecule has 0 saturated carbocycles. The fraction of sp³-hybridized carbons (Fsp3) is 0.200. The van der Waals surface area contributed by atoms with E-state index in [1.54, 1.807) is 24.3 Å². The lowest BCUT2D eigenvalue weighted by molar-refractivity contribution is 0.584. The van der Waals surface area contributed by atoms with Gasteiger partial charge in [-0.05, 0) is 37.1 Å². The van der Waals surface area contributed by atoms with Gasteiger partial charge in [-0.15, -0.1) is 0 Å². The average Bonchev–Trinajstić information content (AvgIpc) is 2.76. The van der Waals surface area contributed by atoms with Crippen LogP contribution in [0.3, 0.4) is 0 Å². The molecule has 0 aromatic heterocycles. The average molecular weight is 273 g/mol. The van der Waals surface area contributed by atoms with Gasteiger partial charge in [0, 0.05) is 6.04 Å². The van der Waals surface area contributed by atoms with Gasteiger partial charge in [0.2, 0.25) is 0 Å². The first-order chi connectivity index (χ1) is 9.10. The van der Waals surface area contributed by atoms with Crippen LogP contribution in [-0.4, -0.2) is 14.5 Å². The zero-order valence-corrected chi connectivity index (χ0v) is 11.5. The lowest BCUT2D eigenvalue weighted by Gasteiger charge is -2.24. The van der Waals surface area contributed by atoms with E-state index in [1.165, 1.54) is 4.31 Å². The Morgan fingerprint density at radius 2 is 1.63 bits per heavy atom. The third-order valence-corrected chi connectivity index (χ3v) is 5.39. The third kappa shape index (κ3) is 1.92. The van der Waals surface area contributed by atoms with Crippen LogP contribution >= 0.6 is 0 Å². The monoisotopic (exact) mass is 273 g/mol. The molecular weight excluding hydrogens is 258 g/mol. The van der Waals surface area contributed by atoms with E-state index in [2.05, 4.69) is 0 Å². The highest BCUT2D eigenvalue weighted by Gasteiger charge is 2.35. The third-order valence-electron chi connectivity index (χ3n) is 3.44. The summed E-state index contributed by atoms with van der Waals surface area (Å²) in [5.74, 6) is 0. The second kappa shape index (κ2) is 4.38. The molecule has 4 heteroatoms. The molecule has 0 saturated heterocycles. The fourth-order valence-corrected chi connectivity index (χ4v) is 4.32. The fourth-order valence-electron chi connectivity index (χ4n) is 2.61. The number of hydrogen-bond donors (Lipinski definition) is 0. The maximum atomic E-state index is 12.7. The van der Waals surface area contributed by atoms with Crippen LogP contribution in [0.5, 0.6) is 0 Å². The topological polar surface area (TPSA) is 37.4 Å². The van der Waals surface area contributed by atoms with Crippen molar-refractivity contribution in [3.8, 4) is 0 Å². The molecule has 2 aromatic carbocycles. The second-order valence-corrected chi connectivity index (χ2v) is 6.61. The van der Waals surface area contributed by atoms with Crippen LogP contribution in [0.15, 0.2) is 59.5 Å². The van der Waals surface area contributed by atoms with Crippen molar-refractivity contribution in [2.45, 2.75) is 24.3 Å². The number of hydrogen-bond acceptors (Lipinski definition) is 2. The first kappa shape index (κ1) is 12.2. The standard InChI is InChI=1S/C15H15NO2S/c1-12-11-13-7-5-6-10-15(13)16(12)19(17,18)14-8-3-2-4-9-14/h2-10,12H,11H2,1H3/t12-/m1/s1. The van der Waals surface area contributed by atoms with E-state index in [0.29, 0.717) is 4.90 Å². The Kier molecular flexibility index (Phi) is 2.82. The summed E-state index contributed by atoms with van der Waals surface area (Å²) in [6.07, 6.45) is 0.766. The molecule has 3 rings (SSSR count). The van der Waals surface area contributed by atoms with Gasteiger partial charge in [-0.25, -0.2) is 8.42 Å². The van der Waals surface area contributed by atoms with Gasteiger partial charge in [0.15, 0.2) is 0 Å². The molecule has 2 aromatic rings. The van der Waals surface area contributed by atoms with Gasteiger partial charge in [-0.1, -0.05) is 36.4 Å². The normalized spacial score (nSPS) is 18.4. The number of sulfonamides is 1. The number of para-hydroxylation sites is 1. The molecule has 19 heavy (non-hydrogen) atoms. The Morgan fingerprint density at radius 3 is 2.37 bits per heavy atom. The molecular formula is C15H15NO2S. The first-order valence-corrected chi connectivity index (χ1v) is 7.72. The van der Waals surface area contributed by atoms with E-state index in [-0.39, 0.29) is 6.04 Å². The van der Waals surface area contributed by atoms with Gasteiger partial charge in [0.1, 0.15) is 0 Å². The van der Waals surface area contributed by atoms with Crippen molar-refractivity contribution < 1.29 is 8.42 Å². The lowest BCUT2D eigenvalue weighted by Crippen LogP contribution is -2.35. The summed E-state index contributed by atoms with van der Waals surface area (Å²) in [7, 11) is -3.47. The molecule has 0 fully saturated rings. The second-order valence-electron chi connectivity index (χ2n) is 4.80. The zero-order valence-electron chi connectivity index (χ0n) is 10.7. The van der Waals surface area contributed by atoms with Crippen LogP contribution < -0.4 is 4.31 Å². The van der Waals surface area contributed by atoms with Crippen molar-refractivity contribution in [3.63, 3.8) is 0 Å². The number of rotatable bonds is 2. The van der Waals surface area contributed by atoms with E-state index in [9.17, 15) is 8.42 Å². The van der Waals surface area contributed by atoms with Crippen molar-refractivity contribution >= 4 is 15.7 Å². The molecule has 0 amide bonds. The summed E-state index contributed by atoms with van der Waals surface area (Å²) in [5, 5.41) is 0. The quantitative estimate of drug-likeness (QED) is 0.843.